The number of carbonyl (C=O) groups is 1. The first kappa shape index (κ1) is 20.7. The van der Waals surface area contributed by atoms with E-state index in [1.165, 1.54) is 0 Å². The van der Waals surface area contributed by atoms with E-state index in [9.17, 15) is 13.2 Å². The molecule has 8 heteroatoms. The Labute approximate surface area is 149 Å². The van der Waals surface area contributed by atoms with Crippen molar-refractivity contribution in [2.75, 3.05) is 23.7 Å². The molecule has 1 aromatic rings. The molecule has 24 heavy (non-hydrogen) atoms. The molecule has 0 heterocycles. The highest BCUT2D eigenvalue weighted by atomic mass is 35.5. The lowest BCUT2D eigenvalue weighted by atomic mass is 10.2. The maximum absolute atomic E-state index is 12.3. The molecule has 0 aliphatic rings. The Morgan fingerprint density at radius 1 is 1.25 bits per heavy atom. The molecule has 0 aliphatic heterocycles. The van der Waals surface area contributed by atoms with E-state index in [-0.39, 0.29) is 12.0 Å². The molecule has 0 bridgehead atoms. The summed E-state index contributed by atoms with van der Waals surface area (Å²) in [7, 11) is -3.62. The summed E-state index contributed by atoms with van der Waals surface area (Å²) in [4.78, 5) is 12.3. The largest absolute Gasteiger partial charge is 0.379 e. The van der Waals surface area contributed by atoms with Crippen LogP contribution in [0.4, 0.5) is 5.69 Å². The number of halogens is 1. The molecule has 0 unspecified atom stereocenters. The summed E-state index contributed by atoms with van der Waals surface area (Å²) in [5.41, 5.74) is 0.396. The summed E-state index contributed by atoms with van der Waals surface area (Å²) in [6, 6.07) is 5.45. The summed E-state index contributed by atoms with van der Waals surface area (Å²) in [5, 5.41) is 3.23. The molecule has 1 atom stereocenters. The highest BCUT2D eigenvalue weighted by Crippen LogP contribution is 2.22. The van der Waals surface area contributed by atoms with Crippen LogP contribution in [0.5, 0.6) is 0 Å². The first-order chi connectivity index (χ1) is 11.1. The van der Waals surface area contributed by atoms with Crippen molar-refractivity contribution in [3.05, 3.63) is 29.3 Å². The molecule has 1 rings (SSSR count). The molecule has 0 radical (unpaired) electrons. The van der Waals surface area contributed by atoms with Crippen molar-refractivity contribution in [3.8, 4) is 0 Å². The van der Waals surface area contributed by atoms with Crippen LogP contribution in [0.3, 0.4) is 0 Å². The van der Waals surface area contributed by atoms with Gasteiger partial charge in [0.2, 0.25) is 15.9 Å². The molecule has 6 nitrogen and oxygen atoms in total. The lowest BCUT2D eigenvalue weighted by Crippen LogP contribution is -2.48. The third-order valence-corrected chi connectivity index (χ3v) is 4.73. The number of sulfonamides is 1. The zero-order valence-corrected chi connectivity index (χ0v) is 16.0. The van der Waals surface area contributed by atoms with Crippen LogP contribution in [0.15, 0.2) is 24.3 Å². The van der Waals surface area contributed by atoms with Crippen LogP contribution in [-0.2, 0) is 19.6 Å². The molecule has 0 aliphatic carbocycles. The molecule has 1 amide bonds. The van der Waals surface area contributed by atoms with Gasteiger partial charge in [-0.05, 0) is 51.5 Å². The third kappa shape index (κ3) is 6.67. The van der Waals surface area contributed by atoms with Crippen molar-refractivity contribution in [1.82, 2.24) is 5.32 Å². The van der Waals surface area contributed by atoms with E-state index in [0.29, 0.717) is 30.3 Å². The van der Waals surface area contributed by atoms with E-state index < -0.39 is 16.1 Å². The van der Waals surface area contributed by atoms with Crippen LogP contribution in [0.1, 0.15) is 27.2 Å². The summed E-state index contributed by atoms with van der Waals surface area (Å²) in [6.45, 7) is 6.40. The second-order valence-corrected chi connectivity index (χ2v) is 8.07. The van der Waals surface area contributed by atoms with Gasteiger partial charge in [-0.1, -0.05) is 11.6 Å². The molecule has 1 aromatic carbocycles. The molecule has 0 aromatic heterocycles. The maximum Gasteiger partial charge on any atom is 0.243 e. The van der Waals surface area contributed by atoms with Gasteiger partial charge in [0.25, 0.3) is 0 Å². The Balaban J connectivity index is 2.73. The lowest BCUT2D eigenvalue weighted by Gasteiger charge is -2.28. The van der Waals surface area contributed by atoms with Gasteiger partial charge in [0.05, 0.1) is 18.0 Å². The Morgan fingerprint density at radius 2 is 1.83 bits per heavy atom. The zero-order chi connectivity index (χ0) is 18.3. The van der Waals surface area contributed by atoms with Crippen molar-refractivity contribution in [1.29, 1.82) is 0 Å². The van der Waals surface area contributed by atoms with Crippen molar-refractivity contribution in [2.24, 2.45) is 0 Å². The zero-order valence-electron chi connectivity index (χ0n) is 14.5. The van der Waals surface area contributed by atoms with E-state index >= 15 is 0 Å². The molecule has 0 fully saturated rings. The topological polar surface area (TPSA) is 75.7 Å². The number of carbonyl (C=O) groups excluding carboxylic acids is 1. The average molecular weight is 377 g/mol. The minimum Gasteiger partial charge on any atom is -0.379 e. The Bertz CT molecular complexity index is 632. The van der Waals surface area contributed by atoms with E-state index in [0.717, 1.165) is 10.6 Å². The highest BCUT2D eigenvalue weighted by Gasteiger charge is 2.28. The van der Waals surface area contributed by atoms with Crippen molar-refractivity contribution in [3.63, 3.8) is 0 Å². The van der Waals surface area contributed by atoms with E-state index in [2.05, 4.69) is 5.32 Å². The van der Waals surface area contributed by atoms with E-state index in [1.54, 1.807) is 31.2 Å². The number of benzene rings is 1. The first-order valence-electron chi connectivity index (χ1n) is 7.77. The molecule has 0 saturated carbocycles. The van der Waals surface area contributed by atoms with Crippen LogP contribution < -0.4 is 9.62 Å². The fourth-order valence-electron chi connectivity index (χ4n) is 2.15. The number of anilines is 1. The summed E-state index contributed by atoms with van der Waals surface area (Å²) >= 11 is 5.83. The van der Waals surface area contributed by atoms with Gasteiger partial charge in [-0.2, -0.15) is 0 Å². The Kier molecular flexibility index (Phi) is 7.99. The molecule has 136 valence electrons. The van der Waals surface area contributed by atoms with Crippen molar-refractivity contribution < 1.29 is 17.9 Å². The van der Waals surface area contributed by atoms with Gasteiger partial charge in [0.1, 0.15) is 6.04 Å². The fourth-order valence-corrected chi connectivity index (χ4v) is 3.45. The SMILES string of the molecule is CC(C)OCCCNC(=O)[C@H](C)N(c1ccc(Cl)cc1)S(C)(=O)=O. The fraction of sp³-hybridized carbons (Fsp3) is 0.562. The van der Waals surface area contributed by atoms with E-state index in [1.807, 2.05) is 13.8 Å². The maximum atomic E-state index is 12.3. The predicted octanol–water partition coefficient (Wildman–Crippen LogP) is 2.43. The highest BCUT2D eigenvalue weighted by molar-refractivity contribution is 7.92. The minimum atomic E-state index is -3.62. The van der Waals surface area contributed by atoms with Crippen molar-refractivity contribution >= 4 is 33.2 Å². The predicted molar refractivity (Wildman–Crippen MR) is 97.0 cm³/mol. The summed E-state index contributed by atoms with van der Waals surface area (Å²) in [5.74, 6) is -0.361. The Hall–Kier alpha value is -1.31. The standard InChI is InChI=1S/C16H25ClN2O4S/c1-12(2)23-11-5-10-18-16(20)13(3)19(24(4,21)22)15-8-6-14(17)7-9-15/h6-9,12-13H,5,10-11H2,1-4H3,(H,18,20)/t13-/m0/s1. The smallest absolute Gasteiger partial charge is 0.243 e. The van der Waals surface area contributed by atoms with Crippen LogP contribution in [0.25, 0.3) is 0 Å². The monoisotopic (exact) mass is 376 g/mol. The number of hydrogen-bond acceptors (Lipinski definition) is 4. The normalized spacial score (nSPS) is 12.9. The molecule has 0 saturated heterocycles. The summed E-state index contributed by atoms with van der Waals surface area (Å²) < 4.78 is 30.7. The van der Waals surface area contributed by atoms with Crippen LogP contribution in [0.2, 0.25) is 5.02 Å². The van der Waals surface area contributed by atoms with Gasteiger partial charge in [-0.25, -0.2) is 8.42 Å². The summed E-state index contributed by atoms with van der Waals surface area (Å²) in [6.07, 6.45) is 1.88. The quantitative estimate of drug-likeness (QED) is 0.671. The van der Waals surface area contributed by atoms with Gasteiger partial charge in [0, 0.05) is 18.2 Å². The second kappa shape index (κ2) is 9.25. The first-order valence-corrected chi connectivity index (χ1v) is 10.00. The number of nitrogens with zero attached hydrogens (tertiary/aromatic N) is 1. The number of hydrogen-bond donors (Lipinski definition) is 1. The second-order valence-electron chi connectivity index (χ2n) is 5.78. The lowest BCUT2D eigenvalue weighted by molar-refractivity contribution is -0.121. The number of amides is 1. The molecule has 0 spiro atoms. The number of nitrogens with one attached hydrogen (secondary N) is 1. The van der Waals surface area contributed by atoms with Crippen LogP contribution >= 0.6 is 11.6 Å². The Morgan fingerprint density at radius 3 is 2.33 bits per heavy atom. The van der Waals surface area contributed by atoms with Gasteiger partial charge >= 0.3 is 0 Å². The van der Waals surface area contributed by atoms with Gasteiger partial charge in [-0.15, -0.1) is 0 Å². The van der Waals surface area contributed by atoms with Gasteiger partial charge in [-0.3, -0.25) is 9.10 Å². The minimum absolute atomic E-state index is 0.144. The van der Waals surface area contributed by atoms with E-state index in [4.69, 9.17) is 16.3 Å². The number of rotatable bonds is 9. The third-order valence-electron chi connectivity index (χ3n) is 3.24. The molecular formula is C16H25ClN2O4S. The van der Waals surface area contributed by atoms with Gasteiger partial charge in [0.15, 0.2) is 0 Å². The van der Waals surface area contributed by atoms with Crippen LogP contribution in [-0.4, -0.2) is 45.9 Å². The van der Waals surface area contributed by atoms with Crippen molar-refractivity contribution in [2.45, 2.75) is 39.3 Å². The van der Waals surface area contributed by atoms with Gasteiger partial charge < -0.3 is 10.1 Å². The molecular weight excluding hydrogens is 352 g/mol. The average Bonchev–Trinajstić information content (AvgIpc) is 2.47. The van der Waals surface area contributed by atoms with Crippen LogP contribution in [0, 0.1) is 0 Å². The molecule has 1 N–H and O–H groups in total. The number of ether oxygens (including phenoxy) is 1.